The van der Waals surface area contributed by atoms with Gasteiger partial charge in [-0.1, -0.05) is 42.5 Å². The first-order valence-corrected chi connectivity index (χ1v) is 9.69. The van der Waals surface area contributed by atoms with E-state index in [2.05, 4.69) is 10.3 Å². The largest absolute Gasteiger partial charge is 0.438 e. The minimum atomic E-state index is -5.06. The number of aromatic nitrogens is 2. The van der Waals surface area contributed by atoms with Crippen LogP contribution in [-0.4, -0.2) is 27.4 Å². The van der Waals surface area contributed by atoms with Crippen LogP contribution in [0.3, 0.4) is 0 Å². The molecule has 28 heavy (non-hydrogen) atoms. The maximum atomic E-state index is 14.3. The summed E-state index contributed by atoms with van der Waals surface area (Å²) >= 11 is 11.9. The van der Waals surface area contributed by atoms with Gasteiger partial charge in [-0.25, -0.2) is 4.98 Å². The highest BCUT2D eigenvalue weighted by Gasteiger charge is 2.67. The van der Waals surface area contributed by atoms with E-state index >= 15 is 0 Å². The van der Waals surface area contributed by atoms with Crippen LogP contribution in [0, 0.1) is 5.92 Å². The van der Waals surface area contributed by atoms with Gasteiger partial charge in [0, 0.05) is 5.92 Å². The minimum Gasteiger partial charge on any atom is -0.319 e. The molecule has 1 N–H and O–H groups in total. The molecule has 1 unspecified atom stereocenters. The van der Waals surface area contributed by atoms with Crippen LogP contribution in [0.1, 0.15) is 37.9 Å². The smallest absolute Gasteiger partial charge is 0.319 e. The van der Waals surface area contributed by atoms with Gasteiger partial charge in [0.15, 0.2) is 5.78 Å². The highest BCUT2D eigenvalue weighted by Crippen LogP contribution is 2.44. The molecule has 0 saturated heterocycles. The molecule has 0 radical (unpaired) electrons. The number of rotatable bonds is 2. The lowest BCUT2D eigenvalue weighted by atomic mass is 9.88. The van der Waals surface area contributed by atoms with Crippen molar-refractivity contribution in [2.75, 3.05) is 0 Å². The zero-order valence-electron chi connectivity index (χ0n) is 14.6. The Labute approximate surface area is 168 Å². The van der Waals surface area contributed by atoms with Crippen LogP contribution >= 0.6 is 23.2 Å². The van der Waals surface area contributed by atoms with Crippen LogP contribution < -0.4 is 5.32 Å². The number of fused-ring (bicyclic) bond motifs is 3. The monoisotopic (exact) mass is 433 g/mol. The summed E-state index contributed by atoms with van der Waals surface area (Å²) in [6.07, 6.45) is -2.09. The van der Waals surface area contributed by atoms with Crippen LogP contribution in [0.4, 0.5) is 13.2 Å². The molecule has 1 aromatic heterocycles. The summed E-state index contributed by atoms with van der Waals surface area (Å²) in [5, 5.41) is 2.23. The summed E-state index contributed by atoms with van der Waals surface area (Å²) in [7, 11) is 0. The quantitative estimate of drug-likeness (QED) is 0.763. The molecule has 10 heteroatoms. The molecule has 0 spiro atoms. The fraction of sp³-hybridized carbons (Fsp3) is 0.500. The summed E-state index contributed by atoms with van der Waals surface area (Å²) in [5.41, 5.74) is -3.02. The predicted octanol–water partition coefficient (Wildman–Crippen LogP) is 4.38. The van der Waals surface area contributed by atoms with Gasteiger partial charge in [-0.3, -0.25) is 14.2 Å². The molecule has 1 aliphatic carbocycles. The number of carbonyl (C=O) groups is 2. The molecule has 2 heterocycles. The lowest BCUT2D eigenvalue weighted by molar-refractivity contribution is -0.219. The Kier molecular flexibility index (Phi) is 4.62. The van der Waals surface area contributed by atoms with E-state index < -0.39 is 35.9 Å². The van der Waals surface area contributed by atoms with Crippen LogP contribution in [-0.2, 0) is 21.7 Å². The van der Waals surface area contributed by atoms with Gasteiger partial charge in [0.05, 0.1) is 27.5 Å². The number of carbonyl (C=O) groups excluding carboxylic acids is 2. The van der Waals surface area contributed by atoms with Crippen LogP contribution in [0.25, 0.3) is 11.0 Å². The van der Waals surface area contributed by atoms with Crippen LogP contribution in [0.2, 0.25) is 10.0 Å². The van der Waals surface area contributed by atoms with Crippen molar-refractivity contribution in [3.05, 3.63) is 28.0 Å². The van der Waals surface area contributed by atoms with Crippen molar-refractivity contribution in [2.45, 2.75) is 50.4 Å². The van der Waals surface area contributed by atoms with Crippen molar-refractivity contribution in [3.63, 3.8) is 0 Å². The summed E-state index contributed by atoms with van der Waals surface area (Å²) in [6, 6.07) is 2.58. The van der Waals surface area contributed by atoms with Gasteiger partial charge in [0.25, 0.3) is 5.66 Å². The Morgan fingerprint density at radius 2 is 1.82 bits per heavy atom. The molecule has 1 amide bonds. The van der Waals surface area contributed by atoms with Gasteiger partial charge in [-0.15, -0.1) is 0 Å². The zero-order valence-corrected chi connectivity index (χ0v) is 16.1. The maximum Gasteiger partial charge on any atom is 0.438 e. The minimum absolute atomic E-state index is 0.00322. The normalized spacial score (nSPS) is 23.2. The van der Waals surface area contributed by atoms with Crippen molar-refractivity contribution in [1.82, 2.24) is 14.9 Å². The molecule has 1 saturated carbocycles. The topological polar surface area (TPSA) is 64.0 Å². The van der Waals surface area contributed by atoms with E-state index in [9.17, 15) is 22.8 Å². The number of benzene rings is 1. The van der Waals surface area contributed by atoms with Crippen LogP contribution in [0.15, 0.2) is 12.1 Å². The van der Waals surface area contributed by atoms with Gasteiger partial charge < -0.3 is 5.32 Å². The molecular weight excluding hydrogens is 418 g/mol. The first-order valence-electron chi connectivity index (χ1n) is 8.94. The highest BCUT2D eigenvalue weighted by atomic mass is 35.5. The molecule has 2 aromatic rings. The van der Waals surface area contributed by atoms with Gasteiger partial charge in [-0.05, 0) is 25.0 Å². The Balaban J connectivity index is 1.87. The number of alkyl halides is 3. The second kappa shape index (κ2) is 6.62. The third-order valence-corrected chi connectivity index (χ3v) is 6.24. The van der Waals surface area contributed by atoms with Crippen LogP contribution in [0.5, 0.6) is 0 Å². The number of nitrogens with zero attached hydrogens (tertiary/aromatic N) is 2. The average molecular weight is 434 g/mol. The number of nitrogens with one attached hydrogen (secondary N) is 1. The van der Waals surface area contributed by atoms with E-state index in [0.29, 0.717) is 12.8 Å². The number of hydrogen-bond acceptors (Lipinski definition) is 3. The second-order valence-electron chi connectivity index (χ2n) is 7.25. The summed E-state index contributed by atoms with van der Waals surface area (Å²) in [6.45, 7) is 0. The Morgan fingerprint density at radius 3 is 2.46 bits per heavy atom. The van der Waals surface area contributed by atoms with E-state index in [1.807, 2.05) is 0 Å². The SMILES string of the molecule is O=C(NC1(C(F)(F)F)C(=O)Cc2nc3cc(Cl)c(Cl)cc3n21)C1CCCCC1. The summed E-state index contributed by atoms with van der Waals surface area (Å²) in [4.78, 5) is 29.4. The van der Waals surface area contributed by atoms with E-state index in [4.69, 9.17) is 23.2 Å². The molecule has 1 aromatic carbocycles. The maximum absolute atomic E-state index is 14.3. The lowest BCUT2D eigenvalue weighted by Crippen LogP contribution is -2.63. The zero-order chi connectivity index (χ0) is 20.3. The number of ketones is 1. The first kappa shape index (κ1) is 19.5. The molecule has 1 aliphatic heterocycles. The summed E-state index contributed by atoms with van der Waals surface area (Å²) in [5.74, 6) is -2.56. The first-order chi connectivity index (χ1) is 13.1. The summed E-state index contributed by atoms with van der Waals surface area (Å²) < 4.78 is 43.7. The molecule has 150 valence electrons. The fourth-order valence-electron chi connectivity index (χ4n) is 4.14. The second-order valence-corrected chi connectivity index (χ2v) is 8.07. The number of Topliss-reactive ketones (excluding diaryl/α,β-unsaturated/α-hetero) is 1. The highest BCUT2D eigenvalue weighted by molar-refractivity contribution is 6.42. The van der Waals surface area contributed by atoms with Crippen molar-refractivity contribution in [1.29, 1.82) is 0 Å². The molecule has 1 fully saturated rings. The molecule has 4 rings (SSSR count). The number of halogens is 5. The Bertz CT molecular complexity index is 983. The van der Waals surface area contributed by atoms with E-state index in [-0.39, 0.29) is 26.9 Å². The predicted molar refractivity (Wildman–Crippen MR) is 97.2 cm³/mol. The Morgan fingerprint density at radius 1 is 1.18 bits per heavy atom. The molecule has 0 bridgehead atoms. The number of imidazole rings is 1. The third-order valence-electron chi connectivity index (χ3n) is 5.51. The standard InChI is InChI=1S/C18H16Cl2F3N3O2/c19-10-6-12-13(7-11(10)20)26-15(24-12)8-14(27)17(26,18(21,22)23)25-16(28)9-4-2-1-3-5-9/h6-7,9H,1-5,8H2,(H,25,28). The molecule has 2 aliphatic rings. The lowest BCUT2D eigenvalue weighted by Gasteiger charge is -2.35. The van der Waals surface area contributed by atoms with Crippen molar-refractivity contribution in [2.24, 2.45) is 5.92 Å². The number of hydrogen-bond donors (Lipinski definition) is 1. The van der Waals surface area contributed by atoms with Gasteiger partial charge >= 0.3 is 6.18 Å². The average Bonchev–Trinajstić information content (AvgIpc) is 3.10. The fourth-order valence-corrected chi connectivity index (χ4v) is 4.45. The van der Waals surface area contributed by atoms with Gasteiger partial charge in [0.1, 0.15) is 5.82 Å². The van der Waals surface area contributed by atoms with E-state index in [1.54, 1.807) is 0 Å². The van der Waals surface area contributed by atoms with Gasteiger partial charge in [-0.2, -0.15) is 13.2 Å². The molecule has 1 atom stereocenters. The molecule has 5 nitrogen and oxygen atoms in total. The van der Waals surface area contributed by atoms with Gasteiger partial charge in [0.2, 0.25) is 5.91 Å². The van der Waals surface area contributed by atoms with Crippen molar-refractivity contribution in [3.8, 4) is 0 Å². The van der Waals surface area contributed by atoms with Crippen molar-refractivity contribution < 1.29 is 22.8 Å². The number of amides is 1. The molecular formula is C18H16Cl2F3N3O2. The van der Waals surface area contributed by atoms with E-state index in [1.165, 1.54) is 12.1 Å². The van der Waals surface area contributed by atoms with E-state index in [0.717, 1.165) is 23.8 Å². The Hall–Kier alpha value is -1.80. The third kappa shape index (κ3) is 2.80. The van der Waals surface area contributed by atoms with Crippen molar-refractivity contribution >= 4 is 45.9 Å².